The van der Waals surface area contributed by atoms with Gasteiger partial charge in [-0.25, -0.2) is 0 Å². The van der Waals surface area contributed by atoms with Crippen molar-refractivity contribution in [3.63, 3.8) is 0 Å². The maximum atomic E-state index is 13.2. The number of likely N-dealkylation sites (tertiary alicyclic amines) is 2. The minimum atomic E-state index is -0.534. The number of benzene rings is 1. The first kappa shape index (κ1) is 22.7. The molecule has 31 heavy (non-hydrogen) atoms. The summed E-state index contributed by atoms with van der Waals surface area (Å²) in [5.74, 6) is -0.356. The summed E-state index contributed by atoms with van der Waals surface area (Å²) < 4.78 is 0. The van der Waals surface area contributed by atoms with Crippen LogP contribution in [0.25, 0.3) is 0 Å². The molecule has 0 aromatic heterocycles. The molecule has 9 nitrogen and oxygen atoms in total. The number of nitro groups is 1. The van der Waals surface area contributed by atoms with Crippen LogP contribution in [-0.2, 0) is 9.59 Å². The molecule has 9 heteroatoms. The molecule has 0 bridgehead atoms. The van der Waals surface area contributed by atoms with Gasteiger partial charge in [0.25, 0.3) is 11.6 Å². The van der Waals surface area contributed by atoms with E-state index in [-0.39, 0.29) is 29.5 Å². The molecule has 2 aliphatic rings. The average Bonchev–Trinajstić information content (AvgIpc) is 3.22. The largest absolute Gasteiger partial charge is 0.352 e. The van der Waals surface area contributed by atoms with E-state index in [2.05, 4.69) is 5.32 Å². The SMILES string of the molecule is CCCC(=O)NC1CCCN(C(=O)C2CCCN2C(=O)c2ccc([N+](=O)[O-])c(C)c2)C1. The van der Waals surface area contributed by atoms with Gasteiger partial charge in [0.1, 0.15) is 6.04 Å². The minimum absolute atomic E-state index is 0.00742. The molecule has 1 aromatic carbocycles. The number of hydrogen-bond donors (Lipinski definition) is 1. The van der Waals surface area contributed by atoms with Crippen LogP contribution in [0.5, 0.6) is 0 Å². The van der Waals surface area contributed by atoms with Crippen molar-refractivity contribution in [3.8, 4) is 0 Å². The highest BCUT2D eigenvalue weighted by Gasteiger charge is 2.38. The summed E-state index contributed by atoms with van der Waals surface area (Å²) in [7, 11) is 0. The molecule has 2 fully saturated rings. The van der Waals surface area contributed by atoms with Crippen molar-refractivity contribution in [2.45, 2.75) is 64.5 Å². The second kappa shape index (κ2) is 9.89. The van der Waals surface area contributed by atoms with E-state index < -0.39 is 11.0 Å². The predicted octanol–water partition coefficient (Wildman–Crippen LogP) is 2.42. The number of piperidine rings is 1. The van der Waals surface area contributed by atoms with Crippen LogP contribution in [0.2, 0.25) is 0 Å². The van der Waals surface area contributed by atoms with Crippen molar-refractivity contribution in [1.29, 1.82) is 0 Å². The molecule has 2 saturated heterocycles. The molecule has 0 radical (unpaired) electrons. The monoisotopic (exact) mass is 430 g/mol. The number of amides is 3. The first-order valence-corrected chi connectivity index (χ1v) is 11.0. The van der Waals surface area contributed by atoms with Crippen molar-refractivity contribution in [3.05, 3.63) is 39.4 Å². The van der Waals surface area contributed by atoms with Gasteiger partial charge in [0.2, 0.25) is 11.8 Å². The van der Waals surface area contributed by atoms with Crippen molar-refractivity contribution in [1.82, 2.24) is 15.1 Å². The van der Waals surface area contributed by atoms with E-state index in [4.69, 9.17) is 0 Å². The number of nitrogens with zero attached hydrogens (tertiary/aromatic N) is 3. The predicted molar refractivity (Wildman–Crippen MR) is 115 cm³/mol. The first-order valence-electron chi connectivity index (χ1n) is 11.0. The van der Waals surface area contributed by atoms with E-state index in [0.29, 0.717) is 43.6 Å². The first-order chi connectivity index (χ1) is 14.8. The Labute approximate surface area is 181 Å². The summed E-state index contributed by atoms with van der Waals surface area (Å²) in [4.78, 5) is 52.2. The maximum absolute atomic E-state index is 13.2. The Morgan fingerprint density at radius 2 is 1.94 bits per heavy atom. The van der Waals surface area contributed by atoms with Gasteiger partial charge in [-0.15, -0.1) is 0 Å². The molecule has 168 valence electrons. The van der Waals surface area contributed by atoms with Crippen molar-refractivity contribution in [2.24, 2.45) is 0 Å². The molecule has 2 atom stereocenters. The fourth-order valence-electron chi connectivity index (χ4n) is 4.46. The van der Waals surface area contributed by atoms with E-state index in [0.717, 1.165) is 25.7 Å². The summed E-state index contributed by atoms with van der Waals surface area (Å²) in [5.41, 5.74) is 0.737. The van der Waals surface area contributed by atoms with Gasteiger partial charge >= 0.3 is 0 Å². The molecule has 2 aliphatic heterocycles. The molecule has 0 aliphatic carbocycles. The summed E-state index contributed by atoms with van der Waals surface area (Å²) in [6.07, 6.45) is 4.24. The molecule has 0 spiro atoms. The van der Waals surface area contributed by atoms with Gasteiger partial charge in [-0.2, -0.15) is 0 Å². The molecule has 2 unspecified atom stereocenters. The third-order valence-electron chi connectivity index (χ3n) is 6.01. The van der Waals surface area contributed by atoms with Crippen LogP contribution < -0.4 is 5.32 Å². The third-order valence-corrected chi connectivity index (χ3v) is 6.01. The van der Waals surface area contributed by atoms with Crippen LogP contribution in [0.1, 0.15) is 61.4 Å². The number of aryl methyl sites for hydroxylation is 1. The number of rotatable bonds is 6. The zero-order valence-electron chi connectivity index (χ0n) is 18.1. The lowest BCUT2D eigenvalue weighted by atomic mass is 10.0. The Bertz CT molecular complexity index is 871. The van der Waals surface area contributed by atoms with E-state index in [1.165, 1.54) is 18.2 Å². The number of hydrogen-bond acceptors (Lipinski definition) is 5. The van der Waals surface area contributed by atoms with Crippen LogP contribution in [0, 0.1) is 17.0 Å². The van der Waals surface area contributed by atoms with Gasteiger partial charge in [0, 0.05) is 49.3 Å². The van der Waals surface area contributed by atoms with Crippen LogP contribution in [0.15, 0.2) is 18.2 Å². The van der Waals surface area contributed by atoms with E-state index in [1.54, 1.807) is 16.7 Å². The smallest absolute Gasteiger partial charge is 0.272 e. The Morgan fingerprint density at radius 3 is 2.61 bits per heavy atom. The van der Waals surface area contributed by atoms with Crippen LogP contribution >= 0.6 is 0 Å². The van der Waals surface area contributed by atoms with Crippen molar-refractivity contribution in [2.75, 3.05) is 19.6 Å². The second-order valence-corrected chi connectivity index (χ2v) is 8.36. The zero-order valence-corrected chi connectivity index (χ0v) is 18.1. The van der Waals surface area contributed by atoms with Gasteiger partial charge < -0.3 is 15.1 Å². The molecule has 3 amide bonds. The summed E-state index contributed by atoms with van der Waals surface area (Å²) in [5, 5.41) is 14.0. The normalized spacial score (nSPS) is 21.1. The fourth-order valence-corrected chi connectivity index (χ4v) is 4.46. The van der Waals surface area contributed by atoms with E-state index in [9.17, 15) is 24.5 Å². The molecular weight excluding hydrogens is 400 g/mol. The molecule has 1 aromatic rings. The lowest BCUT2D eigenvalue weighted by Gasteiger charge is -2.36. The van der Waals surface area contributed by atoms with Gasteiger partial charge in [-0.1, -0.05) is 6.92 Å². The highest BCUT2D eigenvalue weighted by molar-refractivity contribution is 5.98. The lowest BCUT2D eigenvalue weighted by Crippen LogP contribution is -2.54. The number of carbonyl (C=O) groups excluding carboxylic acids is 3. The fraction of sp³-hybridized carbons (Fsp3) is 0.591. The molecule has 1 N–H and O–H groups in total. The van der Waals surface area contributed by atoms with Gasteiger partial charge in [-0.05, 0) is 51.2 Å². The summed E-state index contributed by atoms with van der Waals surface area (Å²) >= 11 is 0. The molecule has 0 saturated carbocycles. The number of nitro benzene ring substituents is 1. The van der Waals surface area contributed by atoms with Gasteiger partial charge in [0.05, 0.1) is 4.92 Å². The average molecular weight is 431 g/mol. The minimum Gasteiger partial charge on any atom is -0.352 e. The van der Waals surface area contributed by atoms with Crippen LogP contribution in [0.3, 0.4) is 0 Å². The summed E-state index contributed by atoms with van der Waals surface area (Å²) in [6.45, 7) is 5.12. The zero-order chi connectivity index (χ0) is 22.5. The quantitative estimate of drug-likeness (QED) is 0.550. The third kappa shape index (κ3) is 5.21. The highest BCUT2D eigenvalue weighted by atomic mass is 16.6. The Hall–Kier alpha value is -2.97. The molecular formula is C22H30N4O5. The van der Waals surface area contributed by atoms with Crippen molar-refractivity contribution < 1.29 is 19.3 Å². The molecule has 3 rings (SSSR count). The number of carbonyl (C=O) groups is 3. The van der Waals surface area contributed by atoms with Crippen molar-refractivity contribution >= 4 is 23.4 Å². The van der Waals surface area contributed by atoms with Gasteiger partial charge in [-0.3, -0.25) is 24.5 Å². The standard InChI is InChI=1S/C22H30N4O5/c1-3-6-20(27)23-17-7-4-11-24(14-17)22(29)19-8-5-12-25(19)21(28)16-9-10-18(26(30)31)15(2)13-16/h9-10,13,17,19H,3-8,11-12,14H2,1-2H3,(H,23,27). The van der Waals surface area contributed by atoms with E-state index in [1.807, 2.05) is 6.92 Å². The summed E-state index contributed by atoms with van der Waals surface area (Å²) in [6, 6.07) is 3.71. The topological polar surface area (TPSA) is 113 Å². The Kier molecular flexibility index (Phi) is 7.25. The highest BCUT2D eigenvalue weighted by Crippen LogP contribution is 2.26. The Morgan fingerprint density at radius 1 is 1.19 bits per heavy atom. The van der Waals surface area contributed by atoms with Crippen LogP contribution in [0.4, 0.5) is 5.69 Å². The van der Waals surface area contributed by atoms with E-state index >= 15 is 0 Å². The molecule has 2 heterocycles. The second-order valence-electron chi connectivity index (χ2n) is 8.36. The lowest BCUT2D eigenvalue weighted by molar-refractivity contribution is -0.385. The Balaban J connectivity index is 1.68. The maximum Gasteiger partial charge on any atom is 0.272 e. The van der Waals surface area contributed by atoms with Gasteiger partial charge in [0.15, 0.2) is 0 Å². The van der Waals surface area contributed by atoms with Crippen LogP contribution in [-0.4, -0.2) is 64.2 Å². The number of nitrogens with one attached hydrogen (secondary N) is 1.